The molecule has 0 aliphatic rings. The maximum Gasteiger partial charge on any atom is 0.264 e. The topological polar surface area (TPSA) is 86.8 Å². The molecule has 0 bridgehead atoms. The van der Waals surface area contributed by atoms with Crippen molar-refractivity contribution in [3.8, 4) is 0 Å². The van der Waals surface area contributed by atoms with E-state index in [4.69, 9.17) is 0 Å². The zero-order chi connectivity index (χ0) is 27.2. The number of hydrogen-bond acceptors (Lipinski definition) is 4. The van der Waals surface area contributed by atoms with E-state index in [1.165, 1.54) is 17.0 Å². The van der Waals surface area contributed by atoms with Gasteiger partial charge in [-0.25, -0.2) is 8.42 Å². The standard InChI is InChI=1S/C29H35N3O4S/c1-6-30-29(34)24(5)31(19-25-15-12-21(2)13-16-25)28(33)20-32(27-17-14-22(3)18-23(27)4)37(35,36)26-10-8-7-9-11-26/h7-18,24H,6,19-20H2,1-5H3,(H,30,34). The van der Waals surface area contributed by atoms with E-state index in [1.807, 2.05) is 64.1 Å². The molecular formula is C29H35N3O4S. The van der Waals surface area contributed by atoms with E-state index in [-0.39, 0.29) is 17.3 Å². The van der Waals surface area contributed by atoms with Crippen molar-refractivity contribution in [3.05, 3.63) is 95.1 Å². The fraction of sp³-hybridized carbons (Fsp3) is 0.310. The van der Waals surface area contributed by atoms with Crippen molar-refractivity contribution in [1.82, 2.24) is 10.2 Å². The molecule has 3 aromatic carbocycles. The number of carbonyl (C=O) groups excluding carboxylic acids is 2. The Hall–Kier alpha value is -3.65. The first kappa shape index (κ1) is 27.9. The summed E-state index contributed by atoms with van der Waals surface area (Å²) in [7, 11) is -4.07. The molecule has 1 atom stereocenters. The number of anilines is 1. The SMILES string of the molecule is CCNC(=O)C(C)N(Cc1ccc(C)cc1)C(=O)CN(c1ccc(C)cc1C)S(=O)(=O)c1ccccc1. The van der Waals surface area contributed by atoms with Crippen molar-refractivity contribution in [2.24, 2.45) is 0 Å². The molecule has 0 aliphatic carbocycles. The van der Waals surface area contributed by atoms with Crippen molar-refractivity contribution >= 4 is 27.5 Å². The van der Waals surface area contributed by atoms with Gasteiger partial charge in [-0.1, -0.05) is 65.7 Å². The minimum atomic E-state index is -4.07. The summed E-state index contributed by atoms with van der Waals surface area (Å²) in [4.78, 5) is 28.1. The van der Waals surface area contributed by atoms with Gasteiger partial charge in [-0.2, -0.15) is 0 Å². The predicted octanol–water partition coefficient (Wildman–Crippen LogP) is 4.36. The molecule has 0 aromatic heterocycles. The van der Waals surface area contributed by atoms with Crippen LogP contribution in [0.3, 0.4) is 0 Å². The van der Waals surface area contributed by atoms with E-state index in [9.17, 15) is 18.0 Å². The van der Waals surface area contributed by atoms with Crippen LogP contribution in [0.25, 0.3) is 0 Å². The fourth-order valence-electron chi connectivity index (χ4n) is 4.11. The number of amides is 2. The average Bonchev–Trinajstić information content (AvgIpc) is 2.87. The lowest BCUT2D eigenvalue weighted by molar-refractivity contribution is -0.139. The summed E-state index contributed by atoms with van der Waals surface area (Å²) < 4.78 is 28.8. The Labute approximate surface area is 220 Å². The van der Waals surface area contributed by atoms with Crippen LogP contribution in [0.2, 0.25) is 0 Å². The van der Waals surface area contributed by atoms with Gasteiger partial charge in [-0.3, -0.25) is 13.9 Å². The summed E-state index contributed by atoms with van der Waals surface area (Å²) in [6.45, 7) is 9.33. The number of carbonyl (C=O) groups is 2. The van der Waals surface area contributed by atoms with Gasteiger partial charge < -0.3 is 10.2 Å². The number of nitrogens with one attached hydrogen (secondary N) is 1. The second-order valence-electron chi connectivity index (χ2n) is 9.19. The number of aryl methyl sites for hydroxylation is 3. The molecule has 196 valence electrons. The van der Waals surface area contributed by atoms with Crippen LogP contribution in [0.5, 0.6) is 0 Å². The first-order valence-electron chi connectivity index (χ1n) is 12.3. The highest BCUT2D eigenvalue weighted by atomic mass is 32.2. The summed E-state index contributed by atoms with van der Waals surface area (Å²) in [6.07, 6.45) is 0. The van der Waals surface area contributed by atoms with Gasteiger partial charge in [0.15, 0.2) is 0 Å². The molecule has 0 heterocycles. The van der Waals surface area contributed by atoms with Crippen LogP contribution in [-0.2, 0) is 26.2 Å². The van der Waals surface area contributed by atoms with Gasteiger partial charge in [0, 0.05) is 13.1 Å². The monoisotopic (exact) mass is 521 g/mol. The molecule has 3 rings (SSSR count). The van der Waals surface area contributed by atoms with Crippen LogP contribution in [0.1, 0.15) is 36.1 Å². The van der Waals surface area contributed by atoms with Gasteiger partial charge in [-0.05, 0) is 63.9 Å². The fourth-order valence-corrected chi connectivity index (χ4v) is 5.61. The third-order valence-electron chi connectivity index (χ3n) is 6.22. The lowest BCUT2D eigenvalue weighted by Crippen LogP contribution is -2.51. The van der Waals surface area contributed by atoms with Crippen LogP contribution in [0.15, 0.2) is 77.7 Å². The number of benzene rings is 3. The quantitative estimate of drug-likeness (QED) is 0.430. The highest BCUT2D eigenvalue weighted by Crippen LogP contribution is 2.28. The number of likely N-dealkylation sites (N-methyl/N-ethyl adjacent to an activating group) is 1. The number of sulfonamides is 1. The summed E-state index contributed by atoms with van der Waals surface area (Å²) in [5, 5.41) is 2.77. The summed E-state index contributed by atoms with van der Waals surface area (Å²) in [5.41, 5.74) is 4.06. The molecule has 1 N–H and O–H groups in total. The first-order valence-corrected chi connectivity index (χ1v) is 13.8. The van der Waals surface area contributed by atoms with Gasteiger partial charge in [-0.15, -0.1) is 0 Å². The maximum atomic E-state index is 13.8. The van der Waals surface area contributed by atoms with Gasteiger partial charge in [0.1, 0.15) is 12.6 Å². The molecule has 3 aromatic rings. The van der Waals surface area contributed by atoms with Crippen LogP contribution in [0.4, 0.5) is 5.69 Å². The highest BCUT2D eigenvalue weighted by Gasteiger charge is 2.33. The largest absolute Gasteiger partial charge is 0.355 e. The van der Waals surface area contributed by atoms with Gasteiger partial charge in [0.05, 0.1) is 10.6 Å². The Kier molecular flexibility index (Phi) is 9.10. The number of hydrogen-bond donors (Lipinski definition) is 1. The molecule has 0 radical (unpaired) electrons. The molecular weight excluding hydrogens is 486 g/mol. The van der Waals surface area contributed by atoms with Crippen LogP contribution in [-0.4, -0.2) is 44.3 Å². The second kappa shape index (κ2) is 12.1. The summed E-state index contributed by atoms with van der Waals surface area (Å²) >= 11 is 0. The Morgan fingerprint density at radius 3 is 2.11 bits per heavy atom. The van der Waals surface area contributed by atoms with E-state index in [1.54, 1.807) is 31.2 Å². The molecule has 0 saturated heterocycles. The first-order chi connectivity index (χ1) is 17.5. The van der Waals surface area contributed by atoms with E-state index in [0.717, 1.165) is 26.6 Å². The van der Waals surface area contributed by atoms with Crippen molar-refractivity contribution < 1.29 is 18.0 Å². The average molecular weight is 522 g/mol. The molecule has 7 nitrogen and oxygen atoms in total. The summed E-state index contributed by atoms with van der Waals surface area (Å²) in [5.74, 6) is -0.772. The molecule has 0 saturated carbocycles. The highest BCUT2D eigenvalue weighted by molar-refractivity contribution is 7.92. The van der Waals surface area contributed by atoms with Crippen LogP contribution in [0, 0.1) is 20.8 Å². The van der Waals surface area contributed by atoms with E-state index in [2.05, 4.69) is 5.32 Å². The zero-order valence-electron chi connectivity index (χ0n) is 22.1. The molecule has 8 heteroatoms. The Balaban J connectivity index is 2.04. The van der Waals surface area contributed by atoms with E-state index >= 15 is 0 Å². The zero-order valence-corrected chi connectivity index (χ0v) is 22.9. The van der Waals surface area contributed by atoms with Crippen molar-refractivity contribution in [1.29, 1.82) is 0 Å². The smallest absolute Gasteiger partial charge is 0.264 e. The number of nitrogens with zero attached hydrogens (tertiary/aromatic N) is 2. The summed E-state index contributed by atoms with van der Waals surface area (Å²) in [6, 6.07) is 20.4. The lowest BCUT2D eigenvalue weighted by atomic mass is 10.1. The maximum absolute atomic E-state index is 13.8. The Morgan fingerprint density at radius 2 is 1.51 bits per heavy atom. The van der Waals surface area contributed by atoms with Crippen molar-refractivity contribution in [2.75, 3.05) is 17.4 Å². The van der Waals surface area contributed by atoms with Crippen LogP contribution >= 0.6 is 0 Å². The third kappa shape index (κ3) is 6.77. The van der Waals surface area contributed by atoms with Gasteiger partial charge >= 0.3 is 0 Å². The molecule has 1 unspecified atom stereocenters. The minimum Gasteiger partial charge on any atom is -0.355 e. The van der Waals surface area contributed by atoms with Gasteiger partial charge in [0.2, 0.25) is 11.8 Å². The van der Waals surface area contributed by atoms with E-state index in [0.29, 0.717) is 12.2 Å². The van der Waals surface area contributed by atoms with Gasteiger partial charge in [0.25, 0.3) is 10.0 Å². The van der Waals surface area contributed by atoms with E-state index < -0.39 is 28.5 Å². The second-order valence-corrected chi connectivity index (χ2v) is 11.1. The molecule has 0 fully saturated rings. The van der Waals surface area contributed by atoms with Crippen LogP contribution < -0.4 is 9.62 Å². The normalized spacial score (nSPS) is 12.0. The minimum absolute atomic E-state index is 0.0876. The molecule has 0 aliphatic heterocycles. The third-order valence-corrected chi connectivity index (χ3v) is 8.00. The number of rotatable bonds is 10. The Morgan fingerprint density at radius 1 is 0.892 bits per heavy atom. The van der Waals surface area contributed by atoms with Crippen molar-refractivity contribution in [3.63, 3.8) is 0 Å². The molecule has 0 spiro atoms. The molecule has 2 amide bonds. The van der Waals surface area contributed by atoms with Crippen molar-refractivity contribution in [2.45, 2.75) is 52.1 Å². The predicted molar refractivity (Wildman–Crippen MR) is 147 cm³/mol. The Bertz CT molecular complexity index is 1340. The lowest BCUT2D eigenvalue weighted by Gasteiger charge is -2.32. The molecule has 37 heavy (non-hydrogen) atoms.